The highest BCUT2D eigenvalue weighted by Crippen LogP contribution is 2.34. The standard InChI is InChI=1S/C34H59NO4/c1-10-12-13-14-18-32(37)39-30-23-31(36)35-29(27(6)21-24(3)11-2)20-19-25(4)16-15-17-26(5)22-28(7)33(38)34(30,8)9/h11,21,25-26,28-30H,10,12-20,22-23H2,1-9H3,(H,35,36)/b24-11+,27-21+/t25-,26-,28+,29-,30-/m0/s1. The summed E-state index contributed by atoms with van der Waals surface area (Å²) in [5, 5.41) is 3.25. The molecule has 1 saturated heterocycles. The monoisotopic (exact) mass is 545 g/mol. The van der Waals surface area contributed by atoms with Crippen LogP contribution >= 0.6 is 0 Å². The molecule has 1 rings (SSSR count). The summed E-state index contributed by atoms with van der Waals surface area (Å²) in [5.74, 6) is 0.448. The summed E-state index contributed by atoms with van der Waals surface area (Å²) in [6.45, 7) is 18.5. The van der Waals surface area contributed by atoms with Crippen LogP contribution in [0.15, 0.2) is 23.3 Å². The maximum Gasteiger partial charge on any atom is 0.306 e. The van der Waals surface area contributed by atoms with E-state index in [-0.39, 0.29) is 36.0 Å². The van der Waals surface area contributed by atoms with E-state index < -0.39 is 11.5 Å². The lowest BCUT2D eigenvalue weighted by atomic mass is 9.73. The van der Waals surface area contributed by atoms with Crippen molar-refractivity contribution in [3.05, 3.63) is 23.3 Å². The molecular weight excluding hydrogens is 486 g/mol. The van der Waals surface area contributed by atoms with Crippen LogP contribution in [0.5, 0.6) is 0 Å². The van der Waals surface area contributed by atoms with E-state index in [1.165, 1.54) is 0 Å². The molecule has 0 aliphatic carbocycles. The van der Waals surface area contributed by atoms with Crippen molar-refractivity contribution in [2.45, 2.75) is 152 Å². The predicted molar refractivity (Wildman–Crippen MR) is 162 cm³/mol. The van der Waals surface area contributed by atoms with Crippen molar-refractivity contribution in [1.29, 1.82) is 0 Å². The van der Waals surface area contributed by atoms with Crippen LogP contribution in [0.4, 0.5) is 0 Å². The highest BCUT2D eigenvalue weighted by Gasteiger charge is 2.42. The SMILES string of the molecule is C/C=C(C)/C=C(\C)[C@@H]1CC[C@@H](C)CCC[C@H](C)C[C@@H](C)C(=O)C(C)(C)[C@@H](OC(=O)CCCCCC)CC(=O)N1. The number of ketones is 1. The highest BCUT2D eigenvalue weighted by atomic mass is 16.5. The van der Waals surface area contributed by atoms with Gasteiger partial charge in [0.25, 0.3) is 0 Å². The van der Waals surface area contributed by atoms with E-state index in [1.807, 2.05) is 27.7 Å². The molecular formula is C34H59NO4. The van der Waals surface area contributed by atoms with E-state index in [9.17, 15) is 14.4 Å². The fourth-order valence-electron chi connectivity index (χ4n) is 5.77. The van der Waals surface area contributed by atoms with Crippen molar-refractivity contribution in [2.24, 2.45) is 23.2 Å². The van der Waals surface area contributed by atoms with Gasteiger partial charge >= 0.3 is 5.97 Å². The average molecular weight is 546 g/mol. The quantitative estimate of drug-likeness (QED) is 0.188. The molecule has 0 unspecified atom stereocenters. The van der Waals surface area contributed by atoms with Gasteiger partial charge in [-0.05, 0) is 72.1 Å². The largest absolute Gasteiger partial charge is 0.461 e. The van der Waals surface area contributed by atoms with Crippen LogP contribution in [0, 0.1) is 23.2 Å². The predicted octanol–water partition coefficient (Wildman–Crippen LogP) is 8.51. The second-order valence-electron chi connectivity index (χ2n) is 13.0. The van der Waals surface area contributed by atoms with Gasteiger partial charge < -0.3 is 10.1 Å². The number of esters is 1. The molecule has 1 aliphatic rings. The summed E-state index contributed by atoms with van der Waals surface area (Å²) in [6.07, 6.45) is 13.8. The molecule has 1 aliphatic heterocycles. The van der Waals surface area contributed by atoms with Gasteiger partial charge in [0.05, 0.1) is 17.9 Å². The fraction of sp³-hybridized carbons (Fsp3) is 0.794. The van der Waals surface area contributed by atoms with Gasteiger partial charge in [-0.25, -0.2) is 0 Å². The molecule has 0 aromatic carbocycles. The van der Waals surface area contributed by atoms with Gasteiger partial charge in [-0.3, -0.25) is 14.4 Å². The van der Waals surface area contributed by atoms with Crippen molar-refractivity contribution < 1.29 is 19.1 Å². The third-order valence-corrected chi connectivity index (χ3v) is 8.66. The highest BCUT2D eigenvalue weighted by molar-refractivity contribution is 5.88. The first kappa shape index (κ1) is 35.1. The van der Waals surface area contributed by atoms with Gasteiger partial charge in [-0.1, -0.05) is 89.5 Å². The number of carbonyl (C=O) groups is 3. The topological polar surface area (TPSA) is 72.5 Å². The van der Waals surface area contributed by atoms with Crippen molar-refractivity contribution >= 4 is 17.7 Å². The molecule has 1 N–H and O–H groups in total. The van der Waals surface area contributed by atoms with E-state index in [4.69, 9.17) is 4.74 Å². The van der Waals surface area contributed by atoms with Gasteiger partial charge in [-0.15, -0.1) is 0 Å². The number of unbranched alkanes of at least 4 members (excludes halogenated alkanes) is 3. The zero-order valence-corrected chi connectivity index (χ0v) is 26.7. The first-order valence-corrected chi connectivity index (χ1v) is 15.7. The maximum absolute atomic E-state index is 13.7. The van der Waals surface area contributed by atoms with Crippen molar-refractivity contribution in [2.75, 3.05) is 0 Å². The third kappa shape index (κ3) is 12.9. The second kappa shape index (κ2) is 17.7. The van der Waals surface area contributed by atoms with Crippen molar-refractivity contribution in [3.63, 3.8) is 0 Å². The molecule has 0 bridgehead atoms. The molecule has 0 saturated carbocycles. The molecule has 0 radical (unpaired) electrons. The minimum Gasteiger partial charge on any atom is -0.461 e. The molecule has 5 heteroatoms. The van der Waals surface area contributed by atoms with Crippen molar-refractivity contribution in [1.82, 2.24) is 5.32 Å². The van der Waals surface area contributed by atoms with Crippen LogP contribution in [0.2, 0.25) is 0 Å². The summed E-state index contributed by atoms with van der Waals surface area (Å²) < 4.78 is 5.96. The Morgan fingerprint density at radius 2 is 1.67 bits per heavy atom. The van der Waals surface area contributed by atoms with Gasteiger partial charge in [0.1, 0.15) is 11.9 Å². The van der Waals surface area contributed by atoms with Crippen LogP contribution < -0.4 is 5.32 Å². The second-order valence-corrected chi connectivity index (χ2v) is 13.0. The number of allylic oxidation sites excluding steroid dienone is 3. The maximum atomic E-state index is 13.7. The molecule has 0 aromatic rings. The summed E-state index contributed by atoms with van der Waals surface area (Å²) in [6, 6.07) is -0.0928. The summed E-state index contributed by atoms with van der Waals surface area (Å²) in [5.41, 5.74) is 1.32. The number of carbonyl (C=O) groups excluding carboxylic acids is 3. The number of hydrogen-bond acceptors (Lipinski definition) is 4. The summed E-state index contributed by atoms with van der Waals surface area (Å²) in [4.78, 5) is 40.1. The first-order valence-electron chi connectivity index (χ1n) is 15.7. The fourth-order valence-corrected chi connectivity index (χ4v) is 5.77. The third-order valence-electron chi connectivity index (χ3n) is 8.66. The number of amides is 1. The molecule has 0 spiro atoms. The number of nitrogens with one attached hydrogen (secondary N) is 1. The average Bonchev–Trinajstić information content (AvgIpc) is 2.87. The molecule has 224 valence electrons. The molecule has 1 heterocycles. The Hall–Kier alpha value is -1.91. The van der Waals surface area contributed by atoms with Crippen LogP contribution in [0.3, 0.4) is 0 Å². The van der Waals surface area contributed by atoms with E-state index in [0.717, 1.165) is 75.4 Å². The molecule has 5 nitrogen and oxygen atoms in total. The van der Waals surface area contributed by atoms with Crippen LogP contribution in [0.1, 0.15) is 139 Å². The minimum absolute atomic E-state index is 0.0103. The van der Waals surface area contributed by atoms with Gasteiger partial charge in [0, 0.05) is 12.3 Å². The first-order chi connectivity index (χ1) is 18.3. The Labute approximate surface area is 240 Å². The smallest absolute Gasteiger partial charge is 0.306 e. The molecule has 0 aromatic heterocycles. The zero-order valence-electron chi connectivity index (χ0n) is 26.7. The normalized spacial score (nSPS) is 28.6. The number of Topliss-reactive ketones (excluding diaryl/α,β-unsaturated/α-hetero) is 1. The molecule has 5 atom stereocenters. The minimum atomic E-state index is -0.955. The lowest BCUT2D eigenvalue weighted by Gasteiger charge is -2.35. The van der Waals surface area contributed by atoms with E-state index in [0.29, 0.717) is 18.3 Å². The van der Waals surface area contributed by atoms with Gasteiger partial charge in [0.2, 0.25) is 5.91 Å². The Kier molecular flexibility index (Phi) is 15.9. The van der Waals surface area contributed by atoms with E-state index in [2.05, 4.69) is 52.1 Å². The molecule has 1 fully saturated rings. The Morgan fingerprint density at radius 3 is 2.31 bits per heavy atom. The molecule has 1 amide bonds. The Balaban J connectivity index is 3.28. The number of hydrogen-bond donors (Lipinski definition) is 1. The lowest BCUT2D eigenvalue weighted by molar-refractivity contribution is -0.161. The molecule has 39 heavy (non-hydrogen) atoms. The van der Waals surface area contributed by atoms with Gasteiger partial charge in [-0.2, -0.15) is 0 Å². The van der Waals surface area contributed by atoms with Crippen LogP contribution in [0.25, 0.3) is 0 Å². The van der Waals surface area contributed by atoms with E-state index >= 15 is 0 Å². The summed E-state index contributed by atoms with van der Waals surface area (Å²) >= 11 is 0. The van der Waals surface area contributed by atoms with Crippen LogP contribution in [-0.2, 0) is 19.1 Å². The van der Waals surface area contributed by atoms with E-state index in [1.54, 1.807) is 0 Å². The number of ether oxygens (including phenoxy) is 1. The Bertz CT molecular complexity index is 840. The lowest BCUT2D eigenvalue weighted by Crippen LogP contribution is -2.47. The zero-order chi connectivity index (χ0) is 29.6. The van der Waals surface area contributed by atoms with Gasteiger partial charge in [0.15, 0.2) is 0 Å². The van der Waals surface area contributed by atoms with Crippen molar-refractivity contribution in [3.8, 4) is 0 Å². The van der Waals surface area contributed by atoms with Crippen LogP contribution in [-0.4, -0.2) is 29.8 Å². The number of rotatable bonds is 8. The summed E-state index contributed by atoms with van der Waals surface area (Å²) in [7, 11) is 0. The Morgan fingerprint density at radius 1 is 1.00 bits per heavy atom.